The highest BCUT2D eigenvalue weighted by molar-refractivity contribution is 9.10. The molecule has 0 aliphatic heterocycles. The number of aromatic hydroxyl groups is 1. The van der Waals surface area contributed by atoms with Gasteiger partial charge in [-0.25, -0.2) is 4.79 Å². The van der Waals surface area contributed by atoms with Crippen LogP contribution in [0.5, 0.6) is 5.75 Å². The third kappa shape index (κ3) is 3.06. The molecule has 1 aliphatic carbocycles. The van der Waals surface area contributed by atoms with E-state index in [-0.39, 0.29) is 18.3 Å². The molecule has 0 unspecified atom stereocenters. The van der Waals surface area contributed by atoms with E-state index in [1.807, 2.05) is 24.3 Å². The monoisotopic (exact) mass is 409 g/mol. The standard InChI is InChI=1S/C21H16BrNO3/c22-19-11-13(9-10-20(19)24)23-21(25)26-12-18-16-7-3-1-5-14(16)15-6-2-4-8-17(15)18/h1-11,18,24H,12H2,(H,23,25). The van der Waals surface area contributed by atoms with Crippen LogP contribution in [0.1, 0.15) is 17.0 Å². The Balaban J connectivity index is 1.49. The molecule has 3 aromatic rings. The van der Waals surface area contributed by atoms with Gasteiger partial charge in [0, 0.05) is 11.6 Å². The van der Waals surface area contributed by atoms with Crippen LogP contribution in [-0.2, 0) is 4.74 Å². The smallest absolute Gasteiger partial charge is 0.411 e. The van der Waals surface area contributed by atoms with E-state index in [0.717, 1.165) is 0 Å². The van der Waals surface area contributed by atoms with Gasteiger partial charge in [-0.05, 0) is 56.4 Å². The lowest BCUT2D eigenvalue weighted by atomic mass is 9.98. The highest BCUT2D eigenvalue weighted by Crippen LogP contribution is 2.44. The Morgan fingerprint density at radius 2 is 1.62 bits per heavy atom. The molecular weight excluding hydrogens is 394 g/mol. The van der Waals surface area contributed by atoms with E-state index in [2.05, 4.69) is 45.5 Å². The molecule has 4 rings (SSSR count). The Bertz CT molecular complexity index is 941. The molecule has 0 radical (unpaired) electrons. The van der Waals surface area contributed by atoms with E-state index in [0.29, 0.717) is 10.2 Å². The molecule has 5 heteroatoms. The number of fused-ring (bicyclic) bond motifs is 3. The van der Waals surface area contributed by atoms with Crippen LogP contribution in [0, 0.1) is 0 Å². The number of carbonyl (C=O) groups excluding carboxylic acids is 1. The highest BCUT2D eigenvalue weighted by atomic mass is 79.9. The van der Waals surface area contributed by atoms with Crippen molar-refractivity contribution >= 4 is 27.7 Å². The number of nitrogens with one attached hydrogen (secondary N) is 1. The van der Waals surface area contributed by atoms with Gasteiger partial charge in [0.2, 0.25) is 0 Å². The van der Waals surface area contributed by atoms with Crippen molar-refractivity contribution in [1.29, 1.82) is 0 Å². The number of ether oxygens (including phenoxy) is 1. The highest BCUT2D eigenvalue weighted by Gasteiger charge is 2.28. The van der Waals surface area contributed by atoms with Crippen LogP contribution in [0.2, 0.25) is 0 Å². The average Bonchev–Trinajstić information content (AvgIpc) is 2.97. The van der Waals surface area contributed by atoms with Gasteiger partial charge in [-0.3, -0.25) is 5.32 Å². The zero-order chi connectivity index (χ0) is 18.1. The Labute approximate surface area is 159 Å². The van der Waals surface area contributed by atoms with Crippen LogP contribution >= 0.6 is 15.9 Å². The van der Waals surface area contributed by atoms with Gasteiger partial charge in [0.1, 0.15) is 12.4 Å². The van der Waals surface area contributed by atoms with Crippen LogP contribution in [0.4, 0.5) is 10.5 Å². The SMILES string of the molecule is O=C(Nc1ccc(O)c(Br)c1)OCC1c2ccccc2-c2ccccc21. The van der Waals surface area contributed by atoms with Gasteiger partial charge in [0.25, 0.3) is 0 Å². The summed E-state index contributed by atoms with van der Waals surface area (Å²) in [7, 11) is 0. The molecule has 0 atom stereocenters. The van der Waals surface area contributed by atoms with Crippen LogP contribution in [-0.4, -0.2) is 17.8 Å². The van der Waals surface area contributed by atoms with Crippen molar-refractivity contribution in [1.82, 2.24) is 0 Å². The third-order valence-electron chi connectivity index (χ3n) is 4.54. The predicted octanol–water partition coefficient (Wildman–Crippen LogP) is 5.52. The van der Waals surface area contributed by atoms with E-state index in [9.17, 15) is 9.90 Å². The second-order valence-electron chi connectivity index (χ2n) is 6.12. The maximum absolute atomic E-state index is 12.2. The minimum atomic E-state index is -0.524. The topological polar surface area (TPSA) is 58.6 Å². The zero-order valence-corrected chi connectivity index (χ0v) is 15.4. The average molecular weight is 410 g/mol. The third-order valence-corrected chi connectivity index (χ3v) is 5.17. The Kier molecular flexibility index (Phi) is 4.39. The van der Waals surface area contributed by atoms with Crippen molar-refractivity contribution in [3.8, 4) is 16.9 Å². The summed E-state index contributed by atoms with van der Waals surface area (Å²) in [6.45, 7) is 0.263. The van der Waals surface area contributed by atoms with Gasteiger partial charge in [0.15, 0.2) is 0 Å². The molecule has 130 valence electrons. The predicted molar refractivity (Wildman–Crippen MR) is 104 cm³/mol. The van der Waals surface area contributed by atoms with Crippen molar-refractivity contribution < 1.29 is 14.6 Å². The molecule has 1 amide bonds. The van der Waals surface area contributed by atoms with Gasteiger partial charge >= 0.3 is 6.09 Å². The Morgan fingerprint density at radius 1 is 1.00 bits per heavy atom. The molecule has 0 fully saturated rings. The largest absolute Gasteiger partial charge is 0.507 e. The molecule has 4 nitrogen and oxygen atoms in total. The van der Waals surface area contributed by atoms with Crippen molar-refractivity contribution in [2.45, 2.75) is 5.92 Å². The fraction of sp³-hybridized carbons (Fsp3) is 0.0952. The lowest BCUT2D eigenvalue weighted by Crippen LogP contribution is -2.17. The quantitative estimate of drug-likeness (QED) is 0.560. The second kappa shape index (κ2) is 6.84. The van der Waals surface area contributed by atoms with Crippen molar-refractivity contribution in [2.75, 3.05) is 11.9 Å². The number of phenols is 1. The summed E-state index contributed by atoms with van der Waals surface area (Å²) < 4.78 is 5.99. The molecule has 0 aromatic heterocycles. The van der Waals surface area contributed by atoms with Crippen LogP contribution in [0.15, 0.2) is 71.2 Å². The summed E-state index contributed by atoms with van der Waals surface area (Å²) in [5.41, 5.74) is 5.29. The number of rotatable bonds is 3. The van der Waals surface area contributed by atoms with E-state index in [1.54, 1.807) is 12.1 Å². The van der Waals surface area contributed by atoms with Gasteiger partial charge in [-0.15, -0.1) is 0 Å². The van der Waals surface area contributed by atoms with E-state index in [4.69, 9.17) is 4.74 Å². The maximum atomic E-state index is 12.2. The molecule has 0 heterocycles. The summed E-state index contributed by atoms with van der Waals surface area (Å²) in [5, 5.41) is 12.2. The summed E-state index contributed by atoms with van der Waals surface area (Å²) >= 11 is 3.22. The van der Waals surface area contributed by atoms with Gasteiger partial charge in [-0.2, -0.15) is 0 Å². The van der Waals surface area contributed by atoms with Crippen molar-refractivity contribution in [3.05, 3.63) is 82.3 Å². The molecule has 0 saturated carbocycles. The summed E-state index contributed by atoms with van der Waals surface area (Å²) in [4.78, 5) is 12.2. The fourth-order valence-corrected chi connectivity index (χ4v) is 3.72. The van der Waals surface area contributed by atoms with E-state index >= 15 is 0 Å². The summed E-state index contributed by atoms with van der Waals surface area (Å²) in [5.74, 6) is 0.141. The first kappa shape index (κ1) is 16.7. The normalized spacial score (nSPS) is 12.3. The van der Waals surface area contributed by atoms with Crippen LogP contribution < -0.4 is 5.32 Å². The summed E-state index contributed by atoms with van der Waals surface area (Å²) in [6, 6.07) is 21.2. The number of phenolic OH excluding ortho intramolecular Hbond substituents is 1. The first-order chi connectivity index (χ1) is 12.6. The lowest BCUT2D eigenvalue weighted by Gasteiger charge is -2.14. The number of amides is 1. The lowest BCUT2D eigenvalue weighted by molar-refractivity contribution is 0.158. The molecule has 3 aromatic carbocycles. The first-order valence-electron chi connectivity index (χ1n) is 8.24. The Morgan fingerprint density at radius 3 is 2.23 bits per heavy atom. The van der Waals surface area contributed by atoms with Gasteiger partial charge in [-0.1, -0.05) is 48.5 Å². The van der Waals surface area contributed by atoms with Gasteiger partial charge < -0.3 is 9.84 Å². The number of anilines is 1. The number of benzene rings is 3. The zero-order valence-electron chi connectivity index (χ0n) is 13.8. The number of halogens is 1. The van der Waals surface area contributed by atoms with Crippen LogP contribution in [0.3, 0.4) is 0 Å². The molecule has 0 saturated heterocycles. The molecule has 2 N–H and O–H groups in total. The number of hydrogen-bond acceptors (Lipinski definition) is 3. The fourth-order valence-electron chi connectivity index (χ4n) is 3.34. The van der Waals surface area contributed by atoms with E-state index < -0.39 is 6.09 Å². The minimum absolute atomic E-state index is 0.0275. The summed E-state index contributed by atoms with van der Waals surface area (Å²) in [6.07, 6.45) is -0.524. The molecular formula is C21H16BrNO3. The maximum Gasteiger partial charge on any atom is 0.411 e. The molecule has 26 heavy (non-hydrogen) atoms. The van der Waals surface area contributed by atoms with Gasteiger partial charge in [0.05, 0.1) is 4.47 Å². The molecule has 0 spiro atoms. The molecule has 0 bridgehead atoms. The van der Waals surface area contributed by atoms with E-state index in [1.165, 1.54) is 28.3 Å². The van der Waals surface area contributed by atoms with Crippen molar-refractivity contribution in [3.63, 3.8) is 0 Å². The van der Waals surface area contributed by atoms with Crippen LogP contribution in [0.25, 0.3) is 11.1 Å². The minimum Gasteiger partial charge on any atom is -0.507 e. The Hall–Kier alpha value is -2.79. The number of carbonyl (C=O) groups is 1. The van der Waals surface area contributed by atoms with Crippen molar-refractivity contribution in [2.24, 2.45) is 0 Å². The second-order valence-corrected chi connectivity index (χ2v) is 6.97. The number of hydrogen-bond donors (Lipinski definition) is 2. The first-order valence-corrected chi connectivity index (χ1v) is 9.03. The molecule has 1 aliphatic rings.